The van der Waals surface area contributed by atoms with Crippen molar-refractivity contribution in [1.29, 1.82) is 0 Å². The van der Waals surface area contributed by atoms with Gasteiger partial charge in [0.05, 0.1) is 6.04 Å². The molecule has 0 radical (unpaired) electrons. The van der Waals surface area contributed by atoms with Crippen LogP contribution in [0, 0.1) is 5.92 Å². The zero-order valence-corrected chi connectivity index (χ0v) is 13.6. The van der Waals surface area contributed by atoms with Crippen LogP contribution < -0.4 is 5.73 Å². The number of carbonyl (C=O) groups excluding carboxylic acids is 1. The van der Waals surface area contributed by atoms with Crippen LogP contribution in [0.5, 0.6) is 0 Å². The first kappa shape index (κ1) is 17.9. The Morgan fingerprint density at radius 2 is 2.00 bits per heavy atom. The van der Waals surface area contributed by atoms with Crippen molar-refractivity contribution in [2.24, 2.45) is 11.7 Å². The van der Waals surface area contributed by atoms with Gasteiger partial charge in [-0.05, 0) is 17.5 Å². The zero-order chi connectivity index (χ0) is 14.5. The molecule has 118 valence electrons. The number of hydrogen-bond donors (Lipinski definition) is 1. The Hall–Kier alpha value is -1.17. The van der Waals surface area contributed by atoms with Crippen molar-refractivity contribution >= 4 is 18.3 Å². The summed E-state index contributed by atoms with van der Waals surface area (Å²) in [4.78, 5) is 20.5. The Morgan fingerprint density at radius 1 is 1.33 bits per heavy atom. The average molecular weight is 313 g/mol. The molecule has 1 atom stereocenters. The molecular formula is C15H25ClN4O. The lowest BCUT2D eigenvalue weighted by Crippen LogP contribution is -2.54. The summed E-state index contributed by atoms with van der Waals surface area (Å²) in [6.45, 7) is 8.18. The highest BCUT2D eigenvalue weighted by Crippen LogP contribution is 2.10. The Morgan fingerprint density at radius 3 is 2.52 bits per heavy atom. The molecule has 2 N–H and O–H groups in total. The van der Waals surface area contributed by atoms with Gasteiger partial charge in [0.25, 0.3) is 0 Å². The summed E-state index contributed by atoms with van der Waals surface area (Å²) in [6, 6.07) is 3.66. The van der Waals surface area contributed by atoms with Gasteiger partial charge in [0.2, 0.25) is 5.91 Å². The van der Waals surface area contributed by atoms with Gasteiger partial charge in [0.15, 0.2) is 0 Å². The Kier molecular flexibility index (Phi) is 7.08. The van der Waals surface area contributed by atoms with Crippen LogP contribution in [0.3, 0.4) is 0 Å². The van der Waals surface area contributed by atoms with Gasteiger partial charge in [-0.2, -0.15) is 0 Å². The van der Waals surface area contributed by atoms with Crippen LogP contribution in [0.4, 0.5) is 0 Å². The standard InChI is InChI=1S/C15H24N4O.ClH/c1-12(2)14(16)15(20)19-8-6-18(7-9-19)11-13-4-3-5-17-10-13;/h3-5,10,12,14H,6-9,11,16H2,1-2H3;1H/t14-;/m0./s1. The Labute approximate surface area is 132 Å². The van der Waals surface area contributed by atoms with Crippen LogP contribution in [0.1, 0.15) is 19.4 Å². The minimum Gasteiger partial charge on any atom is -0.339 e. The summed E-state index contributed by atoms with van der Waals surface area (Å²) < 4.78 is 0. The summed E-state index contributed by atoms with van der Waals surface area (Å²) >= 11 is 0. The molecule has 0 spiro atoms. The van der Waals surface area contributed by atoms with E-state index in [4.69, 9.17) is 5.73 Å². The fourth-order valence-electron chi connectivity index (χ4n) is 2.37. The first-order valence-electron chi connectivity index (χ1n) is 7.23. The quantitative estimate of drug-likeness (QED) is 0.905. The summed E-state index contributed by atoms with van der Waals surface area (Å²) in [5.41, 5.74) is 7.15. The molecule has 2 heterocycles. The second-order valence-electron chi connectivity index (χ2n) is 5.73. The average Bonchev–Trinajstić information content (AvgIpc) is 2.47. The van der Waals surface area contributed by atoms with Gasteiger partial charge in [0.1, 0.15) is 0 Å². The highest BCUT2D eigenvalue weighted by atomic mass is 35.5. The van der Waals surface area contributed by atoms with Gasteiger partial charge >= 0.3 is 0 Å². The molecule has 1 aromatic rings. The van der Waals surface area contributed by atoms with Crippen molar-refractivity contribution in [3.05, 3.63) is 30.1 Å². The van der Waals surface area contributed by atoms with E-state index >= 15 is 0 Å². The topological polar surface area (TPSA) is 62.5 Å². The van der Waals surface area contributed by atoms with E-state index in [9.17, 15) is 4.79 Å². The molecule has 5 nitrogen and oxygen atoms in total. The molecule has 2 rings (SSSR count). The summed E-state index contributed by atoms with van der Waals surface area (Å²) in [5.74, 6) is 0.275. The lowest BCUT2D eigenvalue weighted by atomic mass is 10.0. The minimum atomic E-state index is -0.375. The Balaban J connectivity index is 0.00000220. The number of amides is 1. The summed E-state index contributed by atoms with van der Waals surface area (Å²) in [6.07, 6.45) is 3.68. The van der Waals surface area contributed by atoms with E-state index in [0.717, 1.165) is 32.7 Å². The first-order valence-corrected chi connectivity index (χ1v) is 7.23. The maximum absolute atomic E-state index is 12.2. The third kappa shape index (κ3) is 4.95. The lowest BCUT2D eigenvalue weighted by Gasteiger charge is -2.36. The molecule has 0 aliphatic carbocycles. The molecule has 1 aliphatic rings. The molecule has 0 saturated carbocycles. The number of halogens is 1. The van der Waals surface area contributed by atoms with E-state index < -0.39 is 0 Å². The van der Waals surface area contributed by atoms with E-state index in [1.54, 1.807) is 6.20 Å². The number of pyridine rings is 1. The maximum Gasteiger partial charge on any atom is 0.239 e. The summed E-state index contributed by atoms with van der Waals surface area (Å²) in [7, 11) is 0. The second kappa shape index (κ2) is 8.32. The first-order chi connectivity index (χ1) is 9.58. The molecule has 21 heavy (non-hydrogen) atoms. The molecule has 1 aliphatic heterocycles. The number of nitrogens with zero attached hydrogens (tertiary/aromatic N) is 3. The minimum absolute atomic E-state index is 0. The van der Waals surface area contributed by atoms with Crippen LogP contribution in [0.2, 0.25) is 0 Å². The largest absolute Gasteiger partial charge is 0.339 e. The van der Waals surface area contributed by atoms with Crippen molar-refractivity contribution in [2.45, 2.75) is 26.4 Å². The van der Waals surface area contributed by atoms with Gasteiger partial charge < -0.3 is 10.6 Å². The number of rotatable bonds is 4. The van der Waals surface area contributed by atoms with E-state index in [1.807, 2.05) is 31.0 Å². The van der Waals surface area contributed by atoms with E-state index in [-0.39, 0.29) is 30.3 Å². The highest BCUT2D eigenvalue weighted by molar-refractivity contribution is 5.85. The fraction of sp³-hybridized carbons (Fsp3) is 0.600. The highest BCUT2D eigenvalue weighted by Gasteiger charge is 2.26. The zero-order valence-electron chi connectivity index (χ0n) is 12.7. The van der Waals surface area contributed by atoms with Crippen LogP contribution >= 0.6 is 12.4 Å². The number of aromatic nitrogens is 1. The monoisotopic (exact) mass is 312 g/mol. The Bertz CT molecular complexity index is 433. The molecule has 0 unspecified atom stereocenters. The van der Waals surface area contributed by atoms with Gasteiger partial charge in [-0.15, -0.1) is 12.4 Å². The van der Waals surface area contributed by atoms with Crippen molar-refractivity contribution in [1.82, 2.24) is 14.8 Å². The molecule has 1 aromatic heterocycles. The molecular weight excluding hydrogens is 288 g/mol. The second-order valence-corrected chi connectivity index (χ2v) is 5.73. The van der Waals surface area contributed by atoms with E-state index in [2.05, 4.69) is 16.0 Å². The van der Waals surface area contributed by atoms with Crippen LogP contribution in [0.15, 0.2) is 24.5 Å². The SMILES string of the molecule is CC(C)[C@H](N)C(=O)N1CCN(Cc2cccnc2)CC1.Cl. The van der Waals surface area contributed by atoms with Crippen molar-refractivity contribution < 1.29 is 4.79 Å². The van der Waals surface area contributed by atoms with Crippen molar-refractivity contribution in [3.8, 4) is 0 Å². The van der Waals surface area contributed by atoms with E-state index in [1.165, 1.54) is 5.56 Å². The van der Waals surface area contributed by atoms with Crippen LogP contribution in [-0.2, 0) is 11.3 Å². The molecule has 6 heteroatoms. The van der Waals surface area contributed by atoms with Crippen molar-refractivity contribution in [3.63, 3.8) is 0 Å². The molecule has 1 fully saturated rings. The van der Waals surface area contributed by atoms with Gasteiger partial charge in [-0.1, -0.05) is 19.9 Å². The van der Waals surface area contributed by atoms with Crippen LogP contribution in [-0.4, -0.2) is 52.9 Å². The third-order valence-corrected chi connectivity index (χ3v) is 3.82. The predicted molar refractivity (Wildman–Crippen MR) is 86.2 cm³/mol. The number of carbonyl (C=O) groups is 1. The van der Waals surface area contributed by atoms with E-state index in [0.29, 0.717) is 0 Å². The smallest absolute Gasteiger partial charge is 0.239 e. The lowest BCUT2D eigenvalue weighted by molar-refractivity contribution is -0.135. The number of piperazine rings is 1. The molecule has 0 aromatic carbocycles. The molecule has 1 saturated heterocycles. The normalized spacial score (nSPS) is 17.4. The molecule has 1 amide bonds. The molecule has 0 bridgehead atoms. The van der Waals surface area contributed by atoms with Gasteiger partial charge in [-0.3, -0.25) is 14.7 Å². The predicted octanol–water partition coefficient (Wildman–Crippen LogP) is 1.13. The number of hydrogen-bond acceptors (Lipinski definition) is 4. The number of nitrogens with two attached hydrogens (primary N) is 1. The van der Waals surface area contributed by atoms with Crippen molar-refractivity contribution in [2.75, 3.05) is 26.2 Å². The third-order valence-electron chi connectivity index (χ3n) is 3.82. The maximum atomic E-state index is 12.2. The van der Waals surface area contributed by atoms with Gasteiger partial charge in [0, 0.05) is 45.1 Å². The van der Waals surface area contributed by atoms with Crippen LogP contribution in [0.25, 0.3) is 0 Å². The summed E-state index contributed by atoms with van der Waals surface area (Å²) in [5, 5.41) is 0. The van der Waals surface area contributed by atoms with Gasteiger partial charge in [-0.25, -0.2) is 0 Å². The fourth-order valence-corrected chi connectivity index (χ4v) is 2.37.